The van der Waals surface area contributed by atoms with Gasteiger partial charge in [0.05, 0.1) is 13.2 Å². The molecule has 2 rings (SSSR count). The van der Waals surface area contributed by atoms with Crippen LogP contribution in [0.5, 0.6) is 5.75 Å². The third-order valence-corrected chi connectivity index (χ3v) is 2.84. The summed E-state index contributed by atoms with van der Waals surface area (Å²) in [4.78, 5) is 2.11. The average Bonchev–Trinajstić information content (AvgIpc) is 2.39. The number of para-hydroxylation sites is 1. The molecule has 1 aliphatic rings. The third-order valence-electron chi connectivity index (χ3n) is 2.84. The number of aliphatic hydroxyl groups excluding tert-OH is 1. The Morgan fingerprint density at radius 1 is 1.33 bits per heavy atom. The molecule has 0 aromatic heterocycles. The Morgan fingerprint density at radius 3 is 2.78 bits per heavy atom. The Morgan fingerprint density at radius 2 is 2.06 bits per heavy atom. The molecule has 0 radical (unpaired) electrons. The molecule has 1 aromatic carbocycles. The molecule has 1 heterocycles. The largest absolute Gasteiger partial charge is 0.488 e. The highest BCUT2D eigenvalue weighted by atomic mass is 19.1. The maximum atomic E-state index is 13.3. The van der Waals surface area contributed by atoms with Crippen molar-refractivity contribution in [3.05, 3.63) is 30.1 Å². The van der Waals surface area contributed by atoms with Crippen LogP contribution in [0.25, 0.3) is 0 Å². The van der Waals surface area contributed by atoms with Gasteiger partial charge in [0.15, 0.2) is 11.6 Å². The molecule has 4 nitrogen and oxygen atoms in total. The van der Waals surface area contributed by atoms with Crippen molar-refractivity contribution in [1.82, 2.24) is 4.90 Å². The number of halogens is 1. The Labute approximate surface area is 106 Å². The Hall–Kier alpha value is -1.17. The van der Waals surface area contributed by atoms with Gasteiger partial charge in [-0.25, -0.2) is 4.39 Å². The van der Waals surface area contributed by atoms with E-state index >= 15 is 0 Å². The van der Waals surface area contributed by atoms with Gasteiger partial charge in [-0.05, 0) is 12.1 Å². The average molecular weight is 255 g/mol. The number of nitrogens with zero attached hydrogens (tertiary/aromatic N) is 1. The van der Waals surface area contributed by atoms with Gasteiger partial charge in [0.2, 0.25) is 0 Å². The van der Waals surface area contributed by atoms with Crippen molar-refractivity contribution < 1.29 is 19.0 Å². The molecule has 0 aliphatic carbocycles. The lowest BCUT2D eigenvalue weighted by Crippen LogP contribution is -2.42. The van der Waals surface area contributed by atoms with E-state index < -0.39 is 11.9 Å². The first-order chi connectivity index (χ1) is 8.75. The predicted molar refractivity (Wildman–Crippen MR) is 65.2 cm³/mol. The van der Waals surface area contributed by atoms with Gasteiger partial charge in [0, 0.05) is 19.6 Å². The van der Waals surface area contributed by atoms with Gasteiger partial charge < -0.3 is 14.6 Å². The lowest BCUT2D eigenvalue weighted by Gasteiger charge is -2.28. The first kappa shape index (κ1) is 13.3. The van der Waals surface area contributed by atoms with Crippen LogP contribution in [-0.4, -0.2) is 55.6 Å². The standard InChI is InChI=1S/C13H18FNO3/c14-12-3-1-2-4-13(12)18-10-11(16)9-15-5-7-17-8-6-15/h1-4,11,16H,5-10H2. The van der Waals surface area contributed by atoms with Gasteiger partial charge in [-0.2, -0.15) is 0 Å². The van der Waals surface area contributed by atoms with Crippen LogP contribution in [0.1, 0.15) is 0 Å². The van der Waals surface area contributed by atoms with E-state index in [-0.39, 0.29) is 12.4 Å². The summed E-state index contributed by atoms with van der Waals surface area (Å²) in [7, 11) is 0. The second-order valence-corrected chi connectivity index (χ2v) is 4.31. The first-order valence-electron chi connectivity index (χ1n) is 6.11. The number of aliphatic hydroxyl groups is 1. The lowest BCUT2D eigenvalue weighted by atomic mass is 10.3. The number of benzene rings is 1. The molecule has 1 N–H and O–H groups in total. The van der Waals surface area contributed by atoms with Crippen LogP contribution in [0.15, 0.2) is 24.3 Å². The first-order valence-corrected chi connectivity index (χ1v) is 6.11. The highest BCUT2D eigenvalue weighted by Crippen LogP contribution is 2.15. The minimum atomic E-state index is -0.622. The molecular formula is C13H18FNO3. The van der Waals surface area contributed by atoms with E-state index in [4.69, 9.17) is 9.47 Å². The van der Waals surface area contributed by atoms with Crippen molar-refractivity contribution in [1.29, 1.82) is 0 Å². The van der Waals surface area contributed by atoms with Crippen LogP contribution in [0.2, 0.25) is 0 Å². The lowest BCUT2D eigenvalue weighted by molar-refractivity contribution is 0.00433. The van der Waals surface area contributed by atoms with Crippen molar-refractivity contribution in [2.45, 2.75) is 6.10 Å². The molecule has 1 fully saturated rings. The molecule has 0 bridgehead atoms. The third kappa shape index (κ3) is 3.94. The zero-order valence-corrected chi connectivity index (χ0v) is 10.2. The molecule has 1 unspecified atom stereocenters. The zero-order chi connectivity index (χ0) is 12.8. The second-order valence-electron chi connectivity index (χ2n) is 4.31. The van der Waals surface area contributed by atoms with Crippen molar-refractivity contribution in [3.63, 3.8) is 0 Å². The quantitative estimate of drug-likeness (QED) is 0.848. The summed E-state index contributed by atoms with van der Waals surface area (Å²) in [6.07, 6.45) is -0.622. The molecule has 100 valence electrons. The fraction of sp³-hybridized carbons (Fsp3) is 0.538. The predicted octanol–water partition coefficient (Wildman–Crippen LogP) is 0.898. The van der Waals surface area contributed by atoms with E-state index in [1.807, 2.05) is 0 Å². The van der Waals surface area contributed by atoms with Gasteiger partial charge in [-0.1, -0.05) is 12.1 Å². The van der Waals surface area contributed by atoms with Gasteiger partial charge >= 0.3 is 0 Å². The van der Waals surface area contributed by atoms with Crippen LogP contribution in [0.3, 0.4) is 0 Å². The number of hydrogen-bond acceptors (Lipinski definition) is 4. The van der Waals surface area contributed by atoms with Crippen molar-refractivity contribution in [2.75, 3.05) is 39.5 Å². The molecular weight excluding hydrogens is 237 g/mol. The van der Waals surface area contributed by atoms with Crippen LogP contribution < -0.4 is 4.74 Å². The summed E-state index contributed by atoms with van der Waals surface area (Å²) in [6, 6.07) is 6.19. The van der Waals surface area contributed by atoms with Gasteiger partial charge in [-0.15, -0.1) is 0 Å². The number of β-amino-alcohol motifs (C(OH)–C–C–N with tert-alkyl or cyclic N) is 1. The molecule has 5 heteroatoms. The summed E-state index contributed by atoms with van der Waals surface area (Å²) in [5.74, 6) is -0.227. The van der Waals surface area contributed by atoms with E-state index in [2.05, 4.69) is 4.90 Å². The summed E-state index contributed by atoms with van der Waals surface area (Å²) in [5.41, 5.74) is 0. The second kappa shape index (κ2) is 6.68. The van der Waals surface area contributed by atoms with E-state index in [1.54, 1.807) is 18.2 Å². The van der Waals surface area contributed by atoms with E-state index in [9.17, 15) is 9.50 Å². The molecule has 0 spiro atoms. The maximum Gasteiger partial charge on any atom is 0.165 e. The minimum absolute atomic E-state index is 0.0955. The Balaban J connectivity index is 1.74. The maximum absolute atomic E-state index is 13.3. The molecule has 1 atom stereocenters. The molecule has 1 aliphatic heterocycles. The van der Waals surface area contributed by atoms with Crippen molar-refractivity contribution in [3.8, 4) is 5.75 Å². The fourth-order valence-corrected chi connectivity index (χ4v) is 1.88. The van der Waals surface area contributed by atoms with Gasteiger partial charge in [-0.3, -0.25) is 4.90 Å². The summed E-state index contributed by atoms with van der Waals surface area (Å²) in [6.45, 7) is 3.64. The van der Waals surface area contributed by atoms with Crippen LogP contribution in [-0.2, 0) is 4.74 Å². The van der Waals surface area contributed by atoms with Crippen molar-refractivity contribution in [2.24, 2.45) is 0 Å². The normalized spacial score (nSPS) is 18.6. The van der Waals surface area contributed by atoms with Gasteiger partial charge in [0.25, 0.3) is 0 Å². The van der Waals surface area contributed by atoms with Gasteiger partial charge in [0.1, 0.15) is 12.7 Å². The summed E-state index contributed by atoms with van der Waals surface area (Å²) < 4.78 is 23.7. The van der Waals surface area contributed by atoms with Crippen molar-refractivity contribution >= 4 is 0 Å². The fourth-order valence-electron chi connectivity index (χ4n) is 1.88. The summed E-state index contributed by atoms with van der Waals surface area (Å²) in [5, 5.41) is 9.82. The summed E-state index contributed by atoms with van der Waals surface area (Å²) >= 11 is 0. The minimum Gasteiger partial charge on any atom is -0.488 e. The smallest absolute Gasteiger partial charge is 0.165 e. The zero-order valence-electron chi connectivity index (χ0n) is 10.2. The Bertz CT molecular complexity index is 369. The number of morpholine rings is 1. The number of rotatable bonds is 5. The molecule has 1 aromatic rings. The van der Waals surface area contributed by atoms with Crippen LogP contribution in [0, 0.1) is 5.82 Å². The molecule has 18 heavy (non-hydrogen) atoms. The van der Waals surface area contributed by atoms with Crippen LogP contribution >= 0.6 is 0 Å². The Kier molecular flexibility index (Phi) is 4.92. The van der Waals surface area contributed by atoms with E-state index in [0.717, 1.165) is 13.1 Å². The SMILES string of the molecule is OC(COc1ccccc1F)CN1CCOCC1. The van der Waals surface area contributed by atoms with Crippen LogP contribution in [0.4, 0.5) is 4.39 Å². The highest BCUT2D eigenvalue weighted by molar-refractivity contribution is 5.23. The number of hydrogen-bond donors (Lipinski definition) is 1. The topological polar surface area (TPSA) is 41.9 Å². The van der Waals surface area contributed by atoms with E-state index in [1.165, 1.54) is 6.07 Å². The molecule has 1 saturated heterocycles. The van der Waals surface area contributed by atoms with E-state index in [0.29, 0.717) is 19.8 Å². The monoisotopic (exact) mass is 255 g/mol. The molecule has 0 amide bonds. The molecule has 0 saturated carbocycles. The number of ether oxygens (including phenoxy) is 2. The highest BCUT2D eigenvalue weighted by Gasteiger charge is 2.15.